The third-order valence-electron chi connectivity index (χ3n) is 7.85. The number of carbonyl (C=O) groups is 3. The molecule has 1 rings (SSSR count). The zero-order valence-corrected chi connectivity index (χ0v) is 27.3. The second-order valence-corrected chi connectivity index (χ2v) is 12.0. The Morgan fingerprint density at radius 1 is 0.721 bits per heavy atom. The van der Waals surface area contributed by atoms with Crippen LogP contribution in [0.1, 0.15) is 154 Å². The van der Waals surface area contributed by atoms with Crippen LogP contribution in [0.15, 0.2) is 30.3 Å². The van der Waals surface area contributed by atoms with Crippen molar-refractivity contribution in [2.45, 2.75) is 167 Å². The zero-order valence-electron chi connectivity index (χ0n) is 27.3. The molecule has 0 aliphatic heterocycles. The number of unbranched alkanes of at least 4 members (excludes halogenated alkanes) is 16. The summed E-state index contributed by atoms with van der Waals surface area (Å²) in [6.07, 6.45) is 21.6. The lowest BCUT2D eigenvalue weighted by atomic mass is 10.0. The summed E-state index contributed by atoms with van der Waals surface area (Å²) in [6, 6.07) is 8.31. The van der Waals surface area contributed by atoms with Crippen molar-refractivity contribution >= 4 is 17.8 Å². The Bertz CT molecular complexity index is 830. The fraction of sp³-hybridized carbons (Fsp3) is 0.750. The molecule has 1 aromatic carbocycles. The average molecular weight is 604 g/mol. The Balaban J connectivity index is 2.48. The van der Waals surface area contributed by atoms with Gasteiger partial charge in [-0.15, -0.1) is 0 Å². The number of ether oxygens (including phenoxy) is 2. The van der Waals surface area contributed by atoms with Crippen LogP contribution in [-0.4, -0.2) is 41.7 Å². The molecule has 1 amide bonds. The molecule has 0 heterocycles. The highest BCUT2D eigenvalue weighted by Gasteiger charge is 2.24. The molecule has 0 aliphatic rings. The van der Waals surface area contributed by atoms with Crippen LogP contribution in [0, 0.1) is 0 Å². The summed E-state index contributed by atoms with van der Waals surface area (Å²) in [5.41, 5.74) is 0.929. The molecular formula is C36H61NO6. The van der Waals surface area contributed by atoms with E-state index < -0.39 is 24.0 Å². The van der Waals surface area contributed by atoms with Gasteiger partial charge in [0.15, 0.2) is 6.04 Å². The standard InChI is InChI=1S/C36H61NO6/c1-3-5-7-9-11-13-15-17-22-26-32(43-35(39)27-23-18-16-14-12-10-8-6-4-2)28-34(38)37-33(36(40)41)30-42-29-31-24-20-19-21-25-31/h19-21,24-25,32-33H,3-18,22-23,26-30H2,1-2H3,(H,37,38)(H,40,41)/t32?,33-/m0/s1. The van der Waals surface area contributed by atoms with Crippen molar-refractivity contribution in [1.29, 1.82) is 0 Å². The maximum Gasteiger partial charge on any atom is 0.328 e. The Morgan fingerprint density at radius 3 is 1.77 bits per heavy atom. The first kappa shape index (κ1) is 38.6. The van der Waals surface area contributed by atoms with Crippen LogP contribution < -0.4 is 5.32 Å². The molecule has 1 unspecified atom stereocenters. The lowest BCUT2D eigenvalue weighted by molar-refractivity contribution is -0.152. The summed E-state index contributed by atoms with van der Waals surface area (Å²) in [5.74, 6) is -1.86. The maximum absolute atomic E-state index is 12.8. The zero-order chi connectivity index (χ0) is 31.4. The van der Waals surface area contributed by atoms with Gasteiger partial charge >= 0.3 is 11.9 Å². The average Bonchev–Trinajstić information content (AvgIpc) is 2.99. The van der Waals surface area contributed by atoms with E-state index in [1.54, 1.807) is 0 Å². The lowest BCUT2D eigenvalue weighted by Gasteiger charge is -2.20. The molecule has 0 aliphatic carbocycles. The second kappa shape index (κ2) is 27.2. The molecule has 0 saturated heterocycles. The van der Waals surface area contributed by atoms with E-state index in [2.05, 4.69) is 19.2 Å². The first-order valence-corrected chi connectivity index (χ1v) is 17.3. The SMILES string of the molecule is CCCCCCCCCCCC(=O)OC(CCCCCCCCCCC)CC(=O)N[C@@H](COCc1ccccc1)C(=O)O. The molecule has 0 saturated carbocycles. The Kier molecular flexibility index (Phi) is 24.4. The third kappa shape index (κ3) is 22.7. The monoisotopic (exact) mass is 603 g/mol. The minimum absolute atomic E-state index is 0.0387. The number of hydrogen-bond donors (Lipinski definition) is 2. The molecule has 0 radical (unpaired) electrons. The summed E-state index contributed by atoms with van der Waals surface area (Å²) < 4.78 is 11.3. The van der Waals surface area contributed by atoms with Crippen LogP contribution in [-0.2, 0) is 30.5 Å². The summed E-state index contributed by atoms with van der Waals surface area (Å²) >= 11 is 0. The van der Waals surface area contributed by atoms with Crippen LogP contribution in [0.5, 0.6) is 0 Å². The van der Waals surface area contributed by atoms with Gasteiger partial charge in [0, 0.05) is 6.42 Å². The topological polar surface area (TPSA) is 102 Å². The number of nitrogens with one attached hydrogen (secondary N) is 1. The van der Waals surface area contributed by atoms with Gasteiger partial charge in [-0.3, -0.25) is 9.59 Å². The molecule has 2 N–H and O–H groups in total. The smallest absolute Gasteiger partial charge is 0.328 e. The predicted octanol–water partition coefficient (Wildman–Crippen LogP) is 8.92. The van der Waals surface area contributed by atoms with E-state index in [0.717, 1.165) is 44.1 Å². The van der Waals surface area contributed by atoms with Gasteiger partial charge in [-0.2, -0.15) is 0 Å². The van der Waals surface area contributed by atoms with E-state index in [4.69, 9.17) is 9.47 Å². The number of carboxylic acid groups (broad SMARTS) is 1. The number of benzene rings is 1. The molecule has 0 fully saturated rings. The van der Waals surface area contributed by atoms with Gasteiger partial charge < -0.3 is 19.9 Å². The third-order valence-corrected chi connectivity index (χ3v) is 7.85. The molecule has 0 bridgehead atoms. The molecule has 2 atom stereocenters. The number of rotatable bonds is 29. The highest BCUT2D eigenvalue weighted by atomic mass is 16.5. The normalized spacial score (nSPS) is 12.5. The first-order valence-electron chi connectivity index (χ1n) is 17.3. The highest BCUT2D eigenvalue weighted by molar-refractivity contribution is 5.84. The van der Waals surface area contributed by atoms with Gasteiger partial charge in [0.1, 0.15) is 6.10 Å². The fourth-order valence-corrected chi connectivity index (χ4v) is 5.21. The van der Waals surface area contributed by atoms with E-state index in [0.29, 0.717) is 12.8 Å². The van der Waals surface area contributed by atoms with E-state index in [-0.39, 0.29) is 25.6 Å². The van der Waals surface area contributed by atoms with Crippen molar-refractivity contribution in [3.63, 3.8) is 0 Å². The van der Waals surface area contributed by atoms with Crippen molar-refractivity contribution in [3.05, 3.63) is 35.9 Å². The van der Waals surface area contributed by atoms with Crippen LogP contribution in [0.2, 0.25) is 0 Å². The summed E-state index contributed by atoms with van der Waals surface area (Å²) in [5, 5.41) is 12.2. The number of esters is 1. The Morgan fingerprint density at radius 2 is 1.23 bits per heavy atom. The molecule has 7 nitrogen and oxygen atoms in total. The molecule has 7 heteroatoms. The van der Waals surface area contributed by atoms with Gasteiger partial charge in [0.05, 0.1) is 19.6 Å². The number of aliphatic carboxylic acids is 1. The molecule has 0 spiro atoms. The number of carboxylic acids is 1. The molecule has 1 aromatic rings. The fourth-order valence-electron chi connectivity index (χ4n) is 5.21. The van der Waals surface area contributed by atoms with E-state index >= 15 is 0 Å². The predicted molar refractivity (Wildman–Crippen MR) is 174 cm³/mol. The van der Waals surface area contributed by atoms with Crippen LogP contribution in [0.4, 0.5) is 0 Å². The Hall–Kier alpha value is -2.41. The van der Waals surface area contributed by atoms with Crippen molar-refractivity contribution in [3.8, 4) is 0 Å². The maximum atomic E-state index is 12.8. The molecule has 246 valence electrons. The van der Waals surface area contributed by atoms with Crippen molar-refractivity contribution in [1.82, 2.24) is 5.32 Å². The number of hydrogen-bond acceptors (Lipinski definition) is 5. The second-order valence-electron chi connectivity index (χ2n) is 12.0. The van der Waals surface area contributed by atoms with Gasteiger partial charge in [-0.05, 0) is 24.8 Å². The van der Waals surface area contributed by atoms with Gasteiger partial charge in [-0.25, -0.2) is 4.79 Å². The largest absolute Gasteiger partial charge is 0.480 e. The van der Waals surface area contributed by atoms with Crippen LogP contribution in [0.25, 0.3) is 0 Å². The number of amides is 1. The van der Waals surface area contributed by atoms with Crippen molar-refractivity contribution in [2.24, 2.45) is 0 Å². The minimum Gasteiger partial charge on any atom is -0.480 e. The van der Waals surface area contributed by atoms with Crippen LogP contribution >= 0.6 is 0 Å². The Labute approximate surface area is 261 Å². The summed E-state index contributed by atoms with van der Waals surface area (Å²) in [7, 11) is 0. The van der Waals surface area contributed by atoms with E-state index in [1.807, 2.05) is 30.3 Å². The highest BCUT2D eigenvalue weighted by Crippen LogP contribution is 2.16. The number of carbonyl (C=O) groups excluding carboxylic acids is 2. The molecular weight excluding hydrogens is 542 g/mol. The van der Waals surface area contributed by atoms with E-state index in [1.165, 1.54) is 77.0 Å². The lowest BCUT2D eigenvalue weighted by Crippen LogP contribution is -2.45. The van der Waals surface area contributed by atoms with E-state index in [9.17, 15) is 19.5 Å². The van der Waals surface area contributed by atoms with Gasteiger partial charge in [-0.1, -0.05) is 147 Å². The van der Waals surface area contributed by atoms with Crippen LogP contribution in [0.3, 0.4) is 0 Å². The molecule has 0 aromatic heterocycles. The van der Waals surface area contributed by atoms with Crippen molar-refractivity contribution in [2.75, 3.05) is 6.61 Å². The van der Waals surface area contributed by atoms with Gasteiger partial charge in [0.25, 0.3) is 0 Å². The quantitative estimate of drug-likeness (QED) is 0.0700. The first-order chi connectivity index (χ1) is 21.0. The van der Waals surface area contributed by atoms with Crippen molar-refractivity contribution < 1.29 is 29.0 Å². The summed E-state index contributed by atoms with van der Waals surface area (Å²) in [6.45, 7) is 4.57. The summed E-state index contributed by atoms with van der Waals surface area (Å²) in [4.78, 5) is 37.3. The minimum atomic E-state index is -1.16. The van der Waals surface area contributed by atoms with Gasteiger partial charge in [0.2, 0.25) is 5.91 Å². The molecule has 43 heavy (non-hydrogen) atoms.